The van der Waals surface area contributed by atoms with Crippen molar-refractivity contribution in [3.63, 3.8) is 0 Å². The number of anilines is 3. The quantitative estimate of drug-likeness (QED) is 0.645. The van der Waals surface area contributed by atoms with E-state index in [0.29, 0.717) is 29.7 Å². The third kappa shape index (κ3) is 3.98. The Hall–Kier alpha value is -2.31. The molecule has 2 heterocycles. The first kappa shape index (κ1) is 20.9. The molecule has 0 unspecified atom stereocenters. The lowest BCUT2D eigenvalue weighted by atomic mass is 9.64. The summed E-state index contributed by atoms with van der Waals surface area (Å²) < 4.78 is 5.55. The van der Waals surface area contributed by atoms with Gasteiger partial charge in [-0.3, -0.25) is 4.79 Å². The number of hydrogen-bond acceptors (Lipinski definition) is 5. The van der Waals surface area contributed by atoms with Gasteiger partial charge in [-0.05, 0) is 62.4 Å². The molecule has 1 saturated heterocycles. The molecule has 2 fully saturated rings. The van der Waals surface area contributed by atoms with E-state index in [0.717, 1.165) is 56.0 Å². The number of rotatable bonds is 7. The average Bonchev–Trinajstić information content (AvgIpc) is 2.71. The minimum absolute atomic E-state index is 0.394. The van der Waals surface area contributed by atoms with Crippen LogP contribution in [-0.2, 0) is 14.9 Å². The van der Waals surface area contributed by atoms with Gasteiger partial charge in [0.05, 0.1) is 21.8 Å². The predicted octanol–water partition coefficient (Wildman–Crippen LogP) is 4.99. The Bertz CT molecular complexity index is 893. The van der Waals surface area contributed by atoms with Crippen LogP contribution in [0.25, 0.3) is 0 Å². The Kier molecular flexibility index (Phi) is 6.16. The summed E-state index contributed by atoms with van der Waals surface area (Å²) in [7, 11) is 0. The number of nitrogens with one attached hydrogen (secondary N) is 1. The lowest BCUT2D eigenvalue weighted by Crippen LogP contribution is -2.42. The Morgan fingerprint density at radius 1 is 1.30 bits per heavy atom. The van der Waals surface area contributed by atoms with E-state index in [1.165, 1.54) is 0 Å². The van der Waals surface area contributed by atoms with Crippen LogP contribution < -0.4 is 10.2 Å². The summed E-state index contributed by atoms with van der Waals surface area (Å²) in [6.45, 7) is 4.54. The van der Waals surface area contributed by atoms with Crippen LogP contribution in [-0.4, -0.2) is 41.9 Å². The molecule has 1 saturated carbocycles. The van der Waals surface area contributed by atoms with Gasteiger partial charge in [0.2, 0.25) is 0 Å². The molecule has 30 heavy (non-hydrogen) atoms. The minimum atomic E-state index is -0.780. The largest absolute Gasteiger partial charge is 0.481 e. The summed E-state index contributed by atoms with van der Waals surface area (Å²) in [4.78, 5) is 18.8. The van der Waals surface area contributed by atoms with Crippen LogP contribution >= 0.6 is 11.6 Å². The summed E-state index contributed by atoms with van der Waals surface area (Å²) in [6.07, 6.45) is 5.86. The standard InChI is InChI=1S/C23H28ClN3O3/c1-2-27(18-8-12-30-13-9-18)20-6-4-16(23(22(28)29)10-3-11-23)14-19(20)26-21-7-5-17(24)15-25-21/h4-7,14-15,18H,2-3,8-13H2,1H3,(H,25,26)(H,28,29). The summed E-state index contributed by atoms with van der Waals surface area (Å²) in [5, 5.41) is 13.9. The number of aromatic nitrogens is 1. The molecule has 2 aliphatic rings. The number of carbonyl (C=O) groups is 1. The van der Waals surface area contributed by atoms with Crippen LogP contribution in [0.4, 0.5) is 17.2 Å². The monoisotopic (exact) mass is 429 g/mol. The van der Waals surface area contributed by atoms with Crippen molar-refractivity contribution in [3.8, 4) is 0 Å². The molecule has 0 radical (unpaired) electrons. The van der Waals surface area contributed by atoms with Gasteiger partial charge in [0.1, 0.15) is 5.82 Å². The molecule has 0 atom stereocenters. The van der Waals surface area contributed by atoms with E-state index in [4.69, 9.17) is 16.3 Å². The summed E-state index contributed by atoms with van der Waals surface area (Å²) in [5.74, 6) is -0.0624. The first-order valence-electron chi connectivity index (χ1n) is 10.6. The average molecular weight is 430 g/mol. The van der Waals surface area contributed by atoms with Gasteiger partial charge < -0.3 is 20.1 Å². The molecule has 6 nitrogen and oxygen atoms in total. The molecule has 2 aromatic rings. The molecule has 1 aliphatic heterocycles. The molecule has 0 spiro atoms. The smallest absolute Gasteiger partial charge is 0.314 e. The number of benzene rings is 1. The predicted molar refractivity (Wildman–Crippen MR) is 119 cm³/mol. The minimum Gasteiger partial charge on any atom is -0.481 e. The molecule has 1 aromatic carbocycles. The summed E-state index contributed by atoms with van der Waals surface area (Å²) in [5.41, 5.74) is 2.01. The van der Waals surface area contributed by atoms with Gasteiger partial charge in [-0.2, -0.15) is 0 Å². The second kappa shape index (κ2) is 8.82. The molecule has 7 heteroatoms. The van der Waals surface area contributed by atoms with Gasteiger partial charge in [-0.1, -0.05) is 24.1 Å². The van der Waals surface area contributed by atoms with Crippen molar-refractivity contribution in [2.24, 2.45) is 0 Å². The lowest BCUT2D eigenvalue weighted by Gasteiger charge is -2.40. The normalized spacial score (nSPS) is 18.5. The number of aliphatic carboxylic acids is 1. The number of halogens is 1. The van der Waals surface area contributed by atoms with Crippen LogP contribution in [0.5, 0.6) is 0 Å². The highest BCUT2D eigenvalue weighted by molar-refractivity contribution is 6.30. The number of nitrogens with zero attached hydrogens (tertiary/aromatic N) is 2. The van der Waals surface area contributed by atoms with E-state index in [2.05, 4.69) is 28.2 Å². The fraction of sp³-hybridized carbons (Fsp3) is 0.478. The van der Waals surface area contributed by atoms with Gasteiger partial charge in [0.15, 0.2) is 0 Å². The van der Waals surface area contributed by atoms with Crippen molar-refractivity contribution in [1.29, 1.82) is 0 Å². The van der Waals surface area contributed by atoms with Gasteiger partial charge in [-0.15, -0.1) is 0 Å². The van der Waals surface area contributed by atoms with Crippen LogP contribution in [0.15, 0.2) is 36.5 Å². The molecule has 0 bridgehead atoms. The van der Waals surface area contributed by atoms with E-state index in [1.807, 2.05) is 18.2 Å². The maximum absolute atomic E-state index is 12.1. The zero-order valence-corrected chi connectivity index (χ0v) is 18.0. The van der Waals surface area contributed by atoms with E-state index < -0.39 is 11.4 Å². The highest BCUT2D eigenvalue weighted by atomic mass is 35.5. The van der Waals surface area contributed by atoms with E-state index >= 15 is 0 Å². The van der Waals surface area contributed by atoms with Crippen LogP contribution in [0.3, 0.4) is 0 Å². The van der Waals surface area contributed by atoms with Crippen molar-refractivity contribution in [1.82, 2.24) is 4.98 Å². The molecular weight excluding hydrogens is 402 g/mol. The number of pyridine rings is 1. The van der Waals surface area contributed by atoms with E-state index in [9.17, 15) is 9.90 Å². The summed E-state index contributed by atoms with van der Waals surface area (Å²) >= 11 is 5.99. The van der Waals surface area contributed by atoms with Crippen molar-refractivity contribution < 1.29 is 14.6 Å². The first-order chi connectivity index (χ1) is 14.5. The first-order valence-corrected chi connectivity index (χ1v) is 11.0. The third-order valence-electron chi connectivity index (χ3n) is 6.44. The zero-order chi connectivity index (χ0) is 21.1. The number of ether oxygens (including phenoxy) is 1. The second-order valence-corrected chi connectivity index (χ2v) is 8.53. The van der Waals surface area contributed by atoms with Crippen LogP contribution in [0, 0.1) is 0 Å². The number of hydrogen-bond donors (Lipinski definition) is 2. The van der Waals surface area contributed by atoms with Crippen LogP contribution in [0.2, 0.25) is 5.02 Å². The molecule has 0 amide bonds. The molecule has 160 valence electrons. The Morgan fingerprint density at radius 2 is 2.07 bits per heavy atom. The molecule has 4 rings (SSSR count). The van der Waals surface area contributed by atoms with E-state index in [1.54, 1.807) is 12.3 Å². The molecule has 2 N–H and O–H groups in total. The fourth-order valence-electron chi connectivity index (χ4n) is 4.55. The number of carboxylic acid groups (broad SMARTS) is 1. The summed E-state index contributed by atoms with van der Waals surface area (Å²) in [6, 6.07) is 10.1. The van der Waals surface area contributed by atoms with Crippen molar-refractivity contribution in [2.75, 3.05) is 30.0 Å². The van der Waals surface area contributed by atoms with E-state index in [-0.39, 0.29) is 0 Å². The molecular formula is C23H28ClN3O3. The zero-order valence-electron chi connectivity index (χ0n) is 17.2. The lowest BCUT2D eigenvalue weighted by molar-refractivity contribution is -0.147. The Balaban J connectivity index is 1.74. The highest BCUT2D eigenvalue weighted by Crippen LogP contribution is 2.46. The Labute approximate surface area is 182 Å². The van der Waals surface area contributed by atoms with Gasteiger partial charge >= 0.3 is 5.97 Å². The van der Waals surface area contributed by atoms with Gasteiger partial charge in [0.25, 0.3) is 0 Å². The highest BCUT2D eigenvalue weighted by Gasteiger charge is 2.46. The fourth-order valence-corrected chi connectivity index (χ4v) is 4.66. The van der Waals surface area contributed by atoms with Crippen molar-refractivity contribution in [2.45, 2.75) is 50.5 Å². The SMILES string of the molecule is CCN(c1ccc(C2(C(=O)O)CCC2)cc1Nc1ccc(Cl)cn1)C1CCOCC1. The topological polar surface area (TPSA) is 74.7 Å². The molecule has 1 aromatic heterocycles. The molecule has 1 aliphatic carbocycles. The van der Waals surface area contributed by atoms with Crippen molar-refractivity contribution >= 4 is 34.8 Å². The van der Waals surface area contributed by atoms with Crippen LogP contribution in [0.1, 0.15) is 44.6 Å². The second-order valence-electron chi connectivity index (χ2n) is 8.09. The van der Waals surface area contributed by atoms with Gasteiger partial charge in [-0.25, -0.2) is 4.98 Å². The Morgan fingerprint density at radius 3 is 2.63 bits per heavy atom. The number of carboxylic acids is 1. The van der Waals surface area contributed by atoms with Crippen molar-refractivity contribution in [3.05, 3.63) is 47.1 Å². The third-order valence-corrected chi connectivity index (χ3v) is 6.66. The maximum Gasteiger partial charge on any atom is 0.314 e. The maximum atomic E-state index is 12.1. The van der Waals surface area contributed by atoms with Gasteiger partial charge in [0, 0.05) is 32.0 Å².